The predicted molar refractivity (Wildman–Crippen MR) is 61.4 cm³/mol. The SMILES string of the molecule is Cc1nsc(-c2cccc(CC(=O)O)c2)n1. The molecule has 0 spiro atoms. The zero-order valence-electron chi connectivity index (χ0n) is 8.67. The van der Waals surface area contributed by atoms with Crippen molar-refractivity contribution in [1.29, 1.82) is 0 Å². The summed E-state index contributed by atoms with van der Waals surface area (Å²) in [6, 6.07) is 7.38. The number of carbonyl (C=O) groups is 1. The van der Waals surface area contributed by atoms with E-state index in [2.05, 4.69) is 9.36 Å². The summed E-state index contributed by atoms with van der Waals surface area (Å²) in [6.45, 7) is 1.83. The highest BCUT2D eigenvalue weighted by Crippen LogP contribution is 2.22. The minimum Gasteiger partial charge on any atom is -0.481 e. The monoisotopic (exact) mass is 234 g/mol. The molecule has 16 heavy (non-hydrogen) atoms. The molecule has 2 aromatic rings. The third kappa shape index (κ3) is 2.43. The van der Waals surface area contributed by atoms with Crippen molar-refractivity contribution < 1.29 is 9.90 Å². The average molecular weight is 234 g/mol. The Morgan fingerprint density at radius 2 is 2.31 bits per heavy atom. The topological polar surface area (TPSA) is 63.1 Å². The number of carboxylic acid groups (broad SMARTS) is 1. The van der Waals surface area contributed by atoms with Crippen molar-refractivity contribution in [3.8, 4) is 10.6 Å². The van der Waals surface area contributed by atoms with E-state index in [1.165, 1.54) is 11.5 Å². The van der Waals surface area contributed by atoms with Crippen molar-refractivity contribution >= 4 is 17.5 Å². The predicted octanol–water partition coefficient (Wildman–Crippen LogP) is 2.14. The van der Waals surface area contributed by atoms with Crippen molar-refractivity contribution in [2.24, 2.45) is 0 Å². The van der Waals surface area contributed by atoms with E-state index in [0.29, 0.717) is 0 Å². The van der Waals surface area contributed by atoms with Crippen LogP contribution in [0.15, 0.2) is 24.3 Å². The van der Waals surface area contributed by atoms with Crippen LogP contribution in [0, 0.1) is 6.92 Å². The molecule has 0 atom stereocenters. The number of aryl methyl sites for hydroxylation is 1. The first-order chi connectivity index (χ1) is 7.65. The van der Waals surface area contributed by atoms with E-state index in [4.69, 9.17) is 5.11 Å². The Morgan fingerprint density at radius 3 is 2.94 bits per heavy atom. The molecule has 1 heterocycles. The number of rotatable bonds is 3. The third-order valence-electron chi connectivity index (χ3n) is 2.06. The summed E-state index contributed by atoms with van der Waals surface area (Å²) in [7, 11) is 0. The number of carboxylic acids is 1. The van der Waals surface area contributed by atoms with Crippen LogP contribution in [0.5, 0.6) is 0 Å². The maximum absolute atomic E-state index is 10.6. The van der Waals surface area contributed by atoms with Crippen LogP contribution in [0.25, 0.3) is 10.6 Å². The molecule has 5 heteroatoms. The first kappa shape index (κ1) is 10.8. The Balaban J connectivity index is 2.32. The summed E-state index contributed by atoms with van der Waals surface area (Å²) in [5.41, 5.74) is 1.70. The lowest BCUT2D eigenvalue weighted by atomic mass is 10.1. The van der Waals surface area contributed by atoms with Crippen molar-refractivity contribution in [3.63, 3.8) is 0 Å². The average Bonchev–Trinajstić information content (AvgIpc) is 2.64. The second-order valence-corrected chi connectivity index (χ2v) is 4.17. The van der Waals surface area contributed by atoms with E-state index in [-0.39, 0.29) is 6.42 Å². The molecule has 82 valence electrons. The van der Waals surface area contributed by atoms with Gasteiger partial charge in [-0.2, -0.15) is 4.37 Å². The molecule has 1 N–H and O–H groups in total. The molecule has 0 radical (unpaired) electrons. The van der Waals surface area contributed by atoms with Crippen molar-refractivity contribution in [3.05, 3.63) is 35.7 Å². The summed E-state index contributed by atoms with van der Waals surface area (Å²) in [6.07, 6.45) is 0.0334. The van der Waals surface area contributed by atoms with E-state index >= 15 is 0 Å². The third-order valence-corrected chi connectivity index (χ3v) is 2.91. The largest absolute Gasteiger partial charge is 0.481 e. The summed E-state index contributed by atoms with van der Waals surface area (Å²) in [5, 5.41) is 9.53. The highest BCUT2D eigenvalue weighted by atomic mass is 32.1. The Bertz CT molecular complexity index is 522. The summed E-state index contributed by atoms with van der Waals surface area (Å²) in [4.78, 5) is 14.9. The Morgan fingerprint density at radius 1 is 1.50 bits per heavy atom. The van der Waals surface area contributed by atoms with Gasteiger partial charge in [0.1, 0.15) is 10.8 Å². The first-order valence-electron chi connectivity index (χ1n) is 4.76. The second kappa shape index (κ2) is 4.40. The van der Waals surface area contributed by atoms with Gasteiger partial charge in [-0.3, -0.25) is 4.79 Å². The van der Waals surface area contributed by atoms with Crippen molar-refractivity contribution in [2.45, 2.75) is 13.3 Å². The van der Waals surface area contributed by atoms with E-state index in [9.17, 15) is 4.79 Å². The number of aliphatic carboxylic acids is 1. The molecule has 1 aromatic carbocycles. The molecule has 0 saturated carbocycles. The van der Waals surface area contributed by atoms with Gasteiger partial charge >= 0.3 is 5.97 Å². The standard InChI is InChI=1S/C11H10N2O2S/c1-7-12-11(16-13-7)9-4-2-3-8(5-9)6-10(14)15/h2-5H,6H2,1H3,(H,14,15). The van der Waals surface area contributed by atoms with Gasteiger partial charge in [0.05, 0.1) is 6.42 Å². The van der Waals surface area contributed by atoms with Crippen LogP contribution in [-0.4, -0.2) is 20.4 Å². The fourth-order valence-corrected chi connectivity index (χ4v) is 2.07. The quantitative estimate of drug-likeness (QED) is 0.883. The van der Waals surface area contributed by atoms with Gasteiger partial charge in [-0.05, 0) is 30.1 Å². The van der Waals surface area contributed by atoms with E-state index in [0.717, 1.165) is 22.0 Å². The van der Waals surface area contributed by atoms with Gasteiger partial charge in [-0.1, -0.05) is 18.2 Å². The Hall–Kier alpha value is -1.75. The van der Waals surface area contributed by atoms with Gasteiger partial charge in [-0.15, -0.1) is 0 Å². The molecule has 2 rings (SSSR count). The van der Waals surface area contributed by atoms with Crippen LogP contribution in [0.2, 0.25) is 0 Å². The lowest BCUT2D eigenvalue weighted by Crippen LogP contribution is -1.99. The van der Waals surface area contributed by atoms with Gasteiger partial charge < -0.3 is 5.11 Å². The Labute approximate surface area is 96.8 Å². The molecular weight excluding hydrogens is 224 g/mol. The molecule has 0 unspecified atom stereocenters. The highest BCUT2D eigenvalue weighted by molar-refractivity contribution is 7.09. The zero-order chi connectivity index (χ0) is 11.5. The molecule has 4 nitrogen and oxygen atoms in total. The normalized spacial score (nSPS) is 10.3. The lowest BCUT2D eigenvalue weighted by molar-refractivity contribution is -0.136. The molecule has 0 saturated heterocycles. The van der Waals surface area contributed by atoms with Gasteiger partial charge in [0.15, 0.2) is 0 Å². The molecule has 0 aliphatic rings. The summed E-state index contributed by atoms with van der Waals surface area (Å²) < 4.78 is 4.10. The number of hydrogen-bond acceptors (Lipinski definition) is 4. The molecule has 0 aliphatic heterocycles. The molecule has 0 bridgehead atoms. The van der Waals surface area contributed by atoms with Gasteiger partial charge in [0.25, 0.3) is 0 Å². The van der Waals surface area contributed by atoms with Crippen LogP contribution >= 0.6 is 11.5 Å². The number of aromatic nitrogens is 2. The van der Waals surface area contributed by atoms with E-state index in [1.54, 1.807) is 6.07 Å². The first-order valence-corrected chi connectivity index (χ1v) is 5.54. The van der Waals surface area contributed by atoms with Crippen LogP contribution in [0.1, 0.15) is 11.4 Å². The van der Waals surface area contributed by atoms with Gasteiger partial charge in [-0.25, -0.2) is 4.98 Å². The molecule has 0 amide bonds. The van der Waals surface area contributed by atoms with Crippen LogP contribution in [0.4, 0.5) is 0 Å². The van der Waals surface area contributed by atoms with E-state index in [1.807, 2.05) is 25.1 Å². The number of benzene rings is 1. The fourth-order valence-electron chi connectivity index (χ4n) is 1.40. The summed E-state index contributed by atoms with van der Waals surface area (Å²) in [5.74, 6) is -0.0887. The highest BCUT2D eigenvalue weighted by Gasteiger charge is 2.06. The molecule has 0 fully saturated rings. The molecule has 0 aliphatic carbocycles. The second-order valence-electron chi connectivity index (χ2n) is 3.42. The minimum absolute atomic E-state index is 0.0334. The molecule has 1 aromatic heterocycles. The smallest absolute Gasteiger partial charge is 0.307 e. The van der Waals surface area contributed by atoms with Crippen LogP contribution in [0.3, 0.4) is 0 Å². The van der Waals surface area contributed by atoms with Crippen LogP contribution in [-0.2, 0) is 11.2 Å². The van der Waals surface area contributed by atoms with Crippen molar-refractivity contribution in [2.75, 3.05) is 0 Å². The maximum atomic E-state index is 10.6. The minimum atomic E-state index is -0.828. The van der Waals surface area contributed by atoms with E-state index < -0.39 is 5.97 Å². The number of hydrogen-bond donors (Lipinski definition) is 1. The number of nitrogens with zero attached hydrogens (tertiary/aromatic N) is 2. The fraction of sp³-hybridized carbons (Fsp3) is 0.182. The Kier molecular flexibility index (Phi) is 2.96. The summed E-state index contributed by atoms with van der Waals surface area (Å²) >= 11 is 1.32. The van der Waals surface area contributed by atoms with Gasteiger partial charge in [0, 0.05) is 5.56 Å². The lowest BCUT2D eigenvalue weighted by Gasteiger charge is -1.99. The maximum Gasteiger partial charge on any atom is 0.307 e. The zero-order valence-corrected chi connectivity index (χ0v) is 9.49. The van der Waals surface area contributed by atoms with Crippen LogP contribution < -0.4 is 0 Å². The van der Waals surface area contributed by atoms with Gasteiger partial charge in [0.2, 0.25) is 0 Å². The van der Waals surface area contributed by atoms with Crippen molar-refractivity contribution in [1.82, 2.24) is 9.36 Å². The molecular formula is C11H10N2O2S.